The third-order valence-corrected chi connectivity index (χ3v) is 4.19. The van der Waals surface area contributed by atoms with Crippen molar-refractivity contribution in [1.82, 2.24) is 4.90 Å². The predicted octanol–water partition coefficient (Wildman–Crippen LogP) is 2.62. The molecule has 0 spiro atoms. The Hall–Kier alpha value is -0.0800. The van der Waals surface area contributed by atoms with E-state index >= 15 is 0 Å². The van der Waals surface area contributed by atoms with Crippen LogP contribution in [0.2, 0.25) is 0 Å². The number of nitrogens with two attached hydrogens (primary N) is 1. The van der Waals surface area contributed by atoms with Crippen molar-refractivity contribution in [3.05, 3.63) is 0 Å². The highest BCUT2D eigenvalue weighted by molar-refractivity contribution is 5.00. The summed E-state index contributed by atoms with van der Waals surface area (Å²) in [6.07, 6.45) is 7.65. The smallest absolute Gasteiger partial charge is 0.0356 e. The Morgan fingerprint density at radius 2 is 2.13 bits per heavy atom. The first-order valence-electron chi connectivity index (χ1n) is 6.46. The number of nitrogens with zero attached hydrogens (tertiary/aromatic N) is 1. The Kier molecular flexibility index (Phi) is 4.60. The molecule has 1 rings (SSSR count). The van der Waals surface area contributed by atoms with Gasteiger partial charge in [0.15, 0.2) is 0 Å². The fourth-order valence-electron chi connectivity index (χ4n) is 3.22. The van der Waals surface area contributed by atoms with E-state index in [0.717, 1.165) is 12.3 Å². The summed E-state index contributed by atoms with van der Waals surface area (Å²) in [5.41, 5.74) is 6.69. The minimum atomic E-state index is 0.272. The topological polar surface area (TPSA) is 29.3 Å². The maximum Gasteiger partial charge on any atom is 0.0356 e. The van der Waals surface area contributed by atoms with Gasteiger partial charge in [-0.3, -0.25) is 0 Å². The van der Waals surface area contributed by atoms with Crippen molar-refractivity contribution < 1.29 is 0 Å². The summed E-state index contributed by atoms with van der Waals surface area (Å²) in [5, 5.41) is 0. The van der Waals surface area contributed by atoms with Crippen molar-refractivity contribution in [1.29, 1.82) is 0 Å². The van der Waals surface area contributed by atoms with E-state index in [1.165, 1.54) is 32.1 Å². The molecule has 3 unspecified atom stereocenters. The molecule has 0 bridgehead atoms. The average Bonchev–Trinajstić information content (AvgIpc) is 2.17. The van der Waals surface area contributed by atoms with E-state index in [4.69, 9.17) is 5.73 Å². The zero-order chi connectivity index (χ0) is 11.5. The van der Waals surface area contributed by atoms with Crippen LogP contribution in [0, 0.1) is 5.92 Å². The second kappa shape index (κ2) is 5.31. The average molecular weight is 212 g/mol. The van der Waals surface area contributed by atoms with E-state index in [1.807, 2.05) is 0 Å². The molecule has 0 aromatic carbocycles. The highest BCUT2D eigenvalue weighted by Gasteiger charge is 2.41. The van der Waals surface area contributed by atoms with Crippen LogP contribution in [0.15, 0.2) is 0 Å². The van der Waals surface area contributed by atoms with Crippen molar-refractivity contribution >= 4 is 0 Å². The minimum absolute atomic E-state index is 0.272. The standard InChI is InChI=1S/C13H28N2/c1-5-7-12(14)13(15(3)4)9-6-8-11(2)10-13/h11-12H,5-10,14H2,1-4H3. The molecule has 0 heterocycles. The second-order valence-electron chi connectivity index (χ2n) is 5.59. The van der Waals surface area contributed by atoms with Crippen molar-refractivity contribution in [3.63, 3.8) is 0 Å². The van der Waals surface area contributed by atoms with Gasteiger partial charge in [0.1, 0.15) is 0 Å². The summed E-state index contributed by atoms with van der Waals surface area (Å²) in [7, 11) is 4.40. The maximum atomic E-state index is 6.42. The van der Waals surface area contributed by atoms with Gasteiger partial charge in [0.25, 0.3) is 0 Å². The Morgan fingerprint density at radius 3 is 2.60 bits per heavy atom. The minimum Gasteiger partial charge on any atom is -0.326 e. The highest BCUT2D eigenvalue weighted by atomic mass is 15.2. The Labute approximate surface area is 95.2 Å². The molecule has 0 radical (unpaired) electrons. The van der Waals surface area contributed by atoms with Crippen molar-refractivity contribution in [2.24, 2.45) is 11.7 Å². The van der Waals surface area contributed by atoms with E-state index in [-0.39, 0.29) is 5.54 Å². The lowest BCUT2D eigenvalue weighted by atomic mass is 9.70. The normalized spacial score (nSPS) is 34.4. The molecule has 15 heavy (non-hydrogen) atoms. The van der Waals surface area contributed by atoms with E-state index in [2.05, 4.69) is 32.8 Å². The van der Waals surface area contributed by atoms with Gasteiger partial charge in [-0.1, -0.05) is 33.1 Å². The largest absolute Gasteiger partial charge is 0.326 e. The quantitative estimate of drug-likeness (QED) is 0.776. The molecule has 0 aromatic rings. The van der Waals surface area contributed by atoms with E-state index in [0.29, 0.717) is 6.04 Å². The first kappa shape index (κ1) is 13.0. The van der Waals surface area contributed by atoms with Gasteiger partial charge in [-0.15, -0.1) is 0 Å². The fourth-order valence-corrected chi connectivity index (χ4v) is 3.22. The summed E-state index contributed by atoms with van der Waals surface area (Å²) in [6.45, 7) is 4.60. The lowest BCUT2D eigenvalue weighted by Crippen LogP contribution is -2.59. The fraction of sp³-hybridized carbons (Fsp3) is 1.00. The Bertz CT molecular complexity index is 191. The first-order valence-corrected chi connectivity index (χ1v) is 6.46. The van der Waals surface area contributed by atoms with Gasteiger partial charge < -0.3 is 10.6 Å². The molecule has 90 valence electrons. The van der Waals surface area contributed by atoms with E-state index < -0.39 is 0 Å². The molecule has 1 saturated carbocycles. The van der Waals surface area contributed by atoms with Crippen LogP contribution < -0.4 is 5.73 Å². The SMILES string of the molecule is CCCC(N)C1(N(C)C)CCCC(C)C1. The Balaban J connectivity index is 2.77. The maximum absolute atomic E-state index is 6.42. The molecule has 0 saturated heterocycles. The van der Waals surface area contributed by atoms with Crippen LogP contribution in [-0.4, -0.2) is 30.6 Å². The molecular weight excluding hydrogens is 184 g/mol. The molecule has 2 heteroatoms. The first-order chi connectivity index (χ1) is 7.03. The van der Waals surface area contributed by atoms with Gasteiger partial charge in [0, 0.05) is 11.6 Å². The van der Waals surface area contributed by atoms with E-state index in [1.54, 1.807) is 0 Å². The van der Waals surface area contributed by atoms with Crippen LogP contribution in [0.3, 0.4) is 0 Å². The predicted molar refractivity (Wildman–Crippen MR) is 66.9 cm³/mol. The van der Waals surface area contributed by atoms with Crippen LogP contribution in [-0.2, 0) is 0 Å². The van der Waals surface area contributed by atoms with Gasteiger partial charge in [-0.2, -0.15) is 0 Å². The van der Waals surface area contributed by atoms with Gasteiger partial charge in [-0.25, -0.2) is 0 Å². The molecule has 3 atom stereocenters. The molecule has 2 N–H and O–H groups in total. The van der Waals surface area contributed by atoms with Crippen LogP contribution in [0.4, 0.5) is 0 Å². The number of rotatable bonds is 4. The van der Waals surface area contributed by atoms with Gasteiger partial charge >= 0.3 is 0 Å². The summed E-state index contributed by atoms with van der Waals surface area (Å²) >= 11 is 0. The summed E-state index contributed by atoms with van der Waals surface area (Å²) in [4.78, 5) is 2.39. The molecule has 1 fully saturated rings. The van der Waals surface area contributed by atoms with Gasteiger partial charge in [-0.05, 0) is 39.3 Å². The number of hydrogen-bond acceptors (Lipinski definition) is 2. The summed E-state index contributed by atoms with van der Waals surface area (Å²) in [6, 6.07) is 0.347. The highest BCUT2D eigenvalue weighted by Crippen LogP contribution is 2.38. The van der Waals surface area contributed by atoms with Crippen molar-refractivity contribution in [2.45, 2.75) is 64.0 Å². The monoisotopic (exact) mass is 212 g/mol. The lowest BCUT2D eigenvalue weighted by Gasteiger charge is -2.49. The second-order valence-corrected chi connectivity index (χ2v) is 5.59. The van der Waals surface area contributed by atoms with Crippen LogP contribution >= 0.6 is 0 Å². The molecule has 1 aliphatic carbocycles. The van der Waals surface area contributed by atoms with Gasteiger partial charge in [0.2, 0.25) is 0 Å². The van der Waals surface area contributed by atoms with Gasteiger partial charge in [0.05, 0.1) is 0 Å². The molecule has 2 nitrogen and oxygen atoms in total. The van der Waals surface area contributed by atoms with Crippen molar-refractivity contribution in [2.75, 3.05) is 14.1 Å². The molecular formula is C13H28N2. The van der Waals surface area contributed by atoms with E-state index in [9.17, 15) is 0 Å². The lowest BCUT2D eigenvalue weighted by molar-refractivity contribution is 0.0474. The number of hydrogen-bond donors (Lipinski definition) is 1. The molecule has 0 aromatic heterocycles. The Morgan fingerprint density at radius 1 is 1.47 bits per heavy atom. The summed E-state index contributed by atoms with van der Waals surface area (Å²) < 4.78 is 0. The molecule has 0 aliphatic heterocycles. The summed E-state index contributed by atoms with van der Waals surface area (Å²) in [5.74, 6) is 0.837. The van der Waals surface area contributed by atoms with Crippen LogP contribution in [0.5, 0.6) is 0 Å². The zero-order valence-corrected chi connectivity index (χ0v) is 10.9. The van der Waals surface area contributed by atoms with Crippen LogP contribution in [0.25, 0.3) is 0 Å². The van der Waals surface area contributed by atoms with Crippen LogP contribution in [0.1, 0.15) is 52.4 Å². The third-order valence-electron chi connectivity index (χ3n) is 4.19. The zero-order valence-electron chi connectivity index (χ0n) is 10.9. The number of likely N-dealkylation sites (N-methyl/N-ethyl adjacent to an activating group) is 1. The van der Waals surface area contributed by atoms with Crippen molar-refractivity contribution in [3.8, 4) is 0 Å². The molecule has 0 amide bonds. The third kappa shape index (κ3) is 2.73. The molecule has 1 aliphatic rings.